The number of benzene rings is 1. The van der Waals surface area contributed by atoms with Crippen molar-refractivity contribution in [1.82, 2.24) is 23.9 Å². The first kappa shape index (κ1) is 19.9. The van der Waals surface area contributed by atoms with Crippen LogP contribution in [-0.4, -0.2) is 23.9 Å². The van der Waals surface area contributed by atoms with E-state index in [1.54, 1.807) is 15.4 Å². The molecule has 3 aromatic heterocycles. The van der Waals surface area contributed by atoms with Crippen LogP contribution in [0.4, 0.5) is 0 Å². The molecule has 30 heavy (non-hydrogen) atoms. The van der Waals surface area contributed by atoms with Crippen molar-refractivity contribution in [3.8, 4) is 16.9 Å². The minimum Gasteiger partial charge on any atom is -0.349 e. The average Bonchev–Trinajstić information content (AvgIpc) is 3.42. The molecule has 4 rings (SSSR count). The quantitative estimate of drug-likeness (QED) is 0.482. The highest BCUT2D eigenvalue weighted by atomic mass is 16.2. The van der Waals surface area contributed by atoms with Gasteiger partial charge in [0.15, 0.2) is 0 Å². The molecule has 7 heteroatoms. The lowest BCUT2D eigenvalue weighted by molar-refractivity contribution is 0.532. The number of hydrogen-bond donors (Lipinski definition) is 1. The van der Waals surface area contributed by atoms with Gasteiger partial charge in [0.05, 0.1) is 23.1 Å². The topological polar surface area (TPSA) is 77.6 Å². The number of aromatic nitrogens is 5. The van der Waals surface area contributed by atoms with E-state index in [1.165, 1.54) is 4.57 Å². The predicted molar refractivity (Wildman–Crippen MR) is 119 cm³/mol. The van der Waals surface area contributed by atoms with E-state index in [0.717, 1.165) is 42.6 Å². The van der Waals surface area contributed by atoms with E-state index in [1.807, 2.05) is 42.6 Å². The Kier molecular flexibility index (Phi) is 5.70. The van der Waals surface area contributed by atoms with E-state index in [-0.39, 0.29) is 11.2 Å². The third-order valence-electron chi connectivity index (χ3n) is 5.39. The van der Waals surface area contributed by atoms with Crippen molar-refractivity contribution < 1.29 is 0 Å². The largest absolute Gasteiger partial charge is 0.349 e. The molecule has 0 saturated carbocycles. The summed E-state index contributed by atoms with van der Waals surface area (Å²) in [7, 11) is 0. The van der Waals surface area contributed by atoms with Crippen LogP contribution in [0, 0.1) is 0 Å². The number of fused-ring (bicyclic) bond motifs is 1. The number of hydrogen-bond acceptors (Lipinski definition) is 3. The van der Waals surface area contributed by atoms with E-state index in [0.29, 0.717) is 24.1 Å². The number of rotatable bonds is 8. The molecule has 3 heterocycles. The minimum atomic E-state index is -0.252. The Morgan fingerprint density at radius 2 is 1.67 bits per heavy atom. The van der Waals surface area contributed by atoms with Gasteiger partial charge in [-0.3, -0.25) is 13.9 Å². The molecule has 0 saturated heterocycles. The second-order valence-electron chi connectivity index (χ2n) is 7.55. The van der Waals surface area contributed by atoms with Gasteiger partial charge in [0, 0.05) is 24.8 Å². The monoisotopic (exact) mass is 405 g/mol. The van der Waals surface area contributed by atoms with Crippen LogP contribution in [0.25, 0.3) is 28.0 Å². The van der Waals surface area contributed by atoms with Gasteiger partial charge in [-0.25, -0.2) is 9.48 Å². The van der Waals surface area contributed by atoms with Crippen LogP contribution >= 0.6 is 0 Å². The summed E-state index contributed by atoms with van der Waals surface area (Å²) in [5.41, 5.74) is 3.27. The Morgan fingerprint density at radius 1 is 0.967 bits per heavy atom. The summed E-state index contributed by atoms with van der Waals surface area (Å²) in [5.74, 6) is 0. The number of aromatic amines is 1. The van der Waals surface area contributed by atoms with E-state index >= 15 is 0 Å². The fourth-order valence-electron chi connectivity index (χ4n) is 3.68. The normalized spacial score (nSPS) is 11.4. The maximum atomic E-state index is 13.1. The van der Waals surface area contributed by atoms with Gasteiger partial charge in [-0.05, 0) is 31.0 Å². The first-order valence-electron chi connectivity index (χ1n) is 10.6. The lowest BCUT2D eigenvalue weighted by Crippen LogP contribution is -2.40. The van der Waals surface area contributed by atoms with Crippen LogP contribution in [0.5, 0.6) is 0 Å². The summed E-state index contributed by atoms with van der Waals surface area (Å²) in [5, 5.41) is 4.45. The Bertz CT molecular complexity index is 1260. The summed E-state index contributed by atoms with van der Waals surface area (Å²) >= 11 is 0. The second kappa shape index (κ2) is 8.57. The number of para-hydroxylation sites is 1. The summed E-state index contributed by atoms with van der Waals surface area (Å²) < 4.78 is 4.90. The van der Waals surface area contributed by atoms with Gasteiger partial charge in [-0.15, -0.1) is 0 Å². The molecule has 0 fully saturated rings. The van der Waals surface area contributed by atoms with Crippen LogP contribution in [0.2, 0.25) is 0 Å². The molecule has 0 spiro atoms. The minimum absolute atomic E-state index is 0.222. The summed E-state index contributed by atoms with van der Waals surface area (Å²) in [6, 6.07) is 11.7. The van der Waals surface area contributed by atoms with Crippen LogP contribution < -0.4 is 11.2 Å². The Hall–Kier alpha value is -3.35. The highest BCUT2D eigenvalue weighted by Gasteiger charge is 2.17. The molecular weight excluding hydrogens is 378 g/mol. The number of nitrogens with zero attached hydrogens (tertiary/aromatic N) is 4. The molecule has 0 aliphatic carbocycles. The highest BCUT2D eigenvalue weighted by Crippen LogP contribution is 2.23. The molecule has 0 unspecified atom stereocenters. The smallest absolute Gasteiger partial charge is 0.331 e. The number of aryl methyl sites for hydroxylation is 1. The fourth-order valence-corrected chi connectivity index (χ4v) is 3.68. The first-order chi connectivity index (χ1) is 14.6. The molecule has 7 nitrogen and oxygen atoms in total. The first-order valence-corrected chi connectivity index (χ1v) is 10.6. The van der Waals surface area contributed by atoms with Gasteiger partial charge in [0.25, 0.3) is 5.56 Å². The number of H-pyrrole nitrogens is 1. The van der Waals surface area contributed by atoms with Gasteiger partial charge < -0.3 is 4.98 Å². The summed E-state index contributed by atoms with van der Waals surface area (Å²) in [6.07, 6.45) is 7.27. The Labute approximate surface area is 174 Å². The Balaban J connectivity index is 1.83. The third kappa shape index (κ3) is 3.63. The highest BCUT2D eigenvalue weighted by molar-refractivity contribution is 5.82. The van der Waals surface area contributed by atoms with Gasteiger partial charge in [0.2, 0.25) is 0 Å². The van der Waals surface area contributed by atoms with E-state index in [9.17, 15) is 9.59 Å². The van der Waals surface area contributed by atoms with Gasteiger partial charge >= 0.3 is 5.69 Å². The lowest BCUT2D eigenvalue weighted by Gasteiger charge is -2.11. The maximum absolute atomic E-state index is 13.1. The van der Waals surface area contributed by atoms with Crippen LogP contribution in [-0.2, 0) is 13.1 Å². The molecule has 4 aromatic rings. The molecule has 0 radical (unpaired) electrons. The van der Waals surface area contributed by atoms with Crippen molar-refractivity contribution in [2.45, 2.75) is 52.6 Å². The van der Waals surface area contributed by atoms with Crippen molar-refractivity contribution in [2.24, 2.45) is 0 Å². The van der Waals surface area contributed by atoms with Crippen LogP contribution in [0.1, 0.15) is 39.5 Å². The standard InChI is InChI=1S/C23H27N5O2/c1-3-5-12-26-20-14-19(17-15-24-28(16-17)18-10-8-7-9-11-18)25-21(20)22(29)27(23(26)30)13-6-4-2/h7-11,14-16,25H,3-6,12-13H2,1-2H3. The van der Waals surface area contributed by atoms with Crippen molar-refractivity contribution in [2.75, 3.05) is 0 Å². The summed E-state index contributed by atoms with van der Waals surface area (Å²) in [6.45, 7) is 5.18. The fraction of sp³-hybridized carbons (Fsp3) is 0.348. The SMILES string of the molecule is CCCCn1c(=O)c2[nH]c(-c3cnn(-c4ccccc4)c3)cc2n(CCCC)c1=O. The zero-order valence-electron chi connectivity index (χ0n) is 17.5. The second-order valence-corrected chi connectivity index (χ2v) is 7.55. The molecular formula is C23H27N5O2. The van der Waals surface area contributed by atoms with Gasteiger partial charge in [0.1, 0.15) is 5.52 Å². The molecule has 1 aromatic carbocycles. The van der Waals surface area contributed by atoms with Crippen molar-refractivity contribution in [1.29, 1.82) is 0 Å². The van der Waals surface area contributed by atoms with Gasteiger partial charge in [-0.1, -0.05) is 44.9 Å². The molecule has 0 bridgehead atoms. The van der Waals surface area contributed by atoms with Gasteiger partial charge in [-0.2, -0.15) is 5.10 Å². The molecule has 1 N–H and O–H groups in total. The summed E-state index contributed by atoms with van der Waals surface area (Å²) in [4.78, 5) is 29.4. The van der Waals surface area contributed by atoms with E-state index < -0.39 is 0 Å². The van der Waals surface area contributed by atoms with E-state index in [2.05, 4.69) is 23.9 Å². The molecule has 156 valence electrons. The van der Waals surface area contributed by atoms with Crippen LogP contribution in [0.3, 0.4) is 0 Å². The van der Waals surface area contributed by atoms with Crippen molar-refractivity contribution in [3.05, 3.63) is 69.6 Å². The molecule has 0 aliphatic rings. The predicted octanol–water partition coefficient (Wildman–Crippen LogP) is 3.94. The average molecular weight is 406 g/mol. The van der Waals surface area contributed by atoms with Crippen molar-refractivity contribution >= 4 is 11.0 Å². The molecule has 0 amide bonds. The zero-order chi connectivity index (χ0) is 21.1. The van der Waals surface area contributed by atoms with E-state index in [4.69, 9.17) is 0 Å². The maximum Gasteiger partial charge on any atom is 0.331 e. The lowest BCUT2D eigenvalue weighted by atomic mass is 10.2. The Morgan fingerprint density at radius 3 is 2.37 bits per heavy atom. The van der Waals surface area contributed by atoms with Crippen molar-refractivity contribution in [3.63, 3.8) is 0 Å². The zero-order valence-corrected chi connectivity index (χ0v) is 17.5. The van der Waals surface area contributed by atoms with Crippen LogP contribution in [0.15, 0.2) is 58.4 Å². The molecule has 0 atom stereocenters. The third-order valence-corrected chi connectivity index (χ3v) is 5.39. The number of nitrogens with one attached hydrogen (secondary N) is 1. The number of unbranched alkanes of at least 4 members (excludes halogenated alkanes) is 2. The molecule has 0 aliphatic heterocycles.